The van der Waals surface area contributed by atoms with E-state index in [4.69, 9.17) is 39.5 Å². The second-order valence-electron chi connectivity index (χ2n) is 4.31. The minimum atomic E-state index is -0.231. The number of carbonyl (C=O) groups excluding carboxylic acids is 1. The Hall–Kier alpha value is -1.22. The van der Waals surface area contributed by atoms with Gasteiger partial charge in [-0.1, -0.05) is 34.8 Å². The van der Waals surface area contributed by atoms with E-state index in [1.807, 2.05) is 6.92 Å². The lowest BCUT2D eigenvalue weighted by Crippen LogP contribution is -2.03. The molecule has 104 valence electrons. The highest BCUT2D eigenvalue weighted by Gasteiger charge is 2.17. The first-order valence-corrected chi connectivity index (χ1v) is 6.90. The first-order valence-electron chi connectivity index (χ1n) is 5.77. The standard InChI is InChI=1S/C15H11Cl3O2/c1-8-3-9(5-10(16)4-8)15(19)11-6-13(18)14(20-2)7-12(11)17/h3-7H,1-2H3. The Morgan fingerprint density at radius 3 is 2.30 bits per heavy atom. The number of halogens is 3. The van der Waals surface area contributed by atoms with E-state index in [0.29, 0.717) is 26.9 Å². The van der Waals surface area contributed by atoms with E-state index in [1.165, 1.54) is 19.2 Å². The second kappa shape index (κ2) is 6.04. The molecule has 2 aromatic carbocycles. The summed E-state index contributed by atoms with van der Waals surface area (Å²) in [6.45, 7) is 1.87. The topological polar surface area (TPSA) is 26.3 Å². The molecule has 0 aromatic heterocycles. The summed E-state index contributed by atoms with van der Waals surface area (Å²) in [7, 11) is 1.49. The second-order valence-corrected chi connectivity index (χ2v) is 5.56. The number of rotatable bonds is 3. The molecule has 20 heavy (non-hydrogen) atoms. The van der Waals surface area contributed by atoms with Crippen LogP contribution in [0.2, 0.25) is 15.1 Å². The molecule has 0 amide bonds. The fraction of sp³-hybridized carbons (Fsp3) is 0.133. The molecule has 0 N–H and O–H groups in total. The fourth-order valence-corrected chi connectivity index (χ4v) is 2.65. The Kier molecular flexibility index (Phi) is 4.59. The maximum Gasteiger partial charge on any atom is 0.194 e. The van der Waals surface area contributed by atoms with Crippen LogP contribution in [0.15, 0.2) is 30.3 Å². The van der Waals surface area contributed by atoms with Gasteiger partial charge in [-0.2, -0.15) is 0 Å². The monoisotopic (exact) mass is 328 g/mol. The average Bonchev–Trinajstić information content (AvgIpc) is 2.39. The summed E-state index contributed by atoms with van der Waals surface area (Å²) in [4.78, 5) is 12.5. The molecule has 0 heterocycles. The molecule has 0 saturated heterocycles. The minimum absolute atomic E-state index is 0.231. The molecular formula is C15H11Cl3O2. The van der Waals surface area contributed by atoms with Gasteiger partial charge in [-0.25, -0.2) is 0 Å². The number of methoxy groups -OCH3 is 1. The van der Waals surface area contributed by atoms with E-state index in [-0.39, 0.29) is 10.8 Å². The molecule has 2 aromatic rings. The smallest absolute Gasteiger partial charge is 0.194 e. The van der Waals surface area contributed by atoms with E-state index in [2.05, 4.69) is 0 Å². The van der Waals surface area contributed by atoms with Gasteiger partial charge < -0.3 is 4.74 Å². The molecule has 0 atom stereocenters. The van der Waals surface area contributed by atoms with E-state index in [0.717, 1.165) is 5.56 Å². The van der Waals surface area contributed by atoms with Crippen LogP contribution in [0.3, 0.4) is 0 Å². The number of ketones is 1. The van der Waals surface area contributed by atoms with Crippen LogP contribution < -0.4 is 4.74 Å². The molecule has 0 aliphatic heterocycles. The predicted octanol–water partition coefficient (Wildman–Crippen LogP) is 5.19. The van der Waals surface area contributed by atoms with Gasteiger partial charge in [0.05, 0.1) is 17.2 Å². The minimum Gasteiger partial charge on any atom is -0.495 e. The Bertz CT molecular complexity index is 661. The van der Waals surface area contributed by atoms with Gasteiger partial charge in [-0.05, 0) is 36.8 Å². The quantitative estimate of drug-likeness (QED) is 0.724. The number of ether oxygens (including phenoxy) is 1. The van der Waals surface area contributed by atoms with Crippen molar-refractivity contribution >= 4 is 40.6 Å². The predicted molar refractivity (Wildman–Crippen MR) is 82.6 cm³/mol. The molecule has 0 bridgehead atoms. The van der Waals surface area contributed by atoms with Crippen molar-refractivity contribution in [1.82, 2.24) is 0 Å². The molecule has 2 nitrogen and oxygen atoms in total. The van der Waals surface area contributed by atoms with E-state index < -0.39 is 0 Å². The zero-order chi connectivity index (χ0) is 14.9. The fourth-order valence-electron chi connectivity index (χ4n) is 1.88. The first-order chi connectivity index (χ1) is 9.42. The van der Waals surface area contributed by atoms with Gasteiger partial charge in [-0.15, -0.1) is 0 Å². The van der Waals surface area contributed by atoms with Crippen molar-refractivity contribution in [3.05, 3.63) is 62.1 Å². The van der Waals surface area contributed by atoms with Crippen LogP contribution in [0.25, 0.3) is 0 Å². The Labute approximate surface area is 132 Å². The van der Waals surface area contributed by atoms with Gasteiger partial charge in [0.15, 0.2) is 5.78 Å². The number of aryl methyl sites for hydroxylation is 1. The summed E-state index contributed by atoms with van der Waals surface area (Å²) in [5.74, 6) is 0.195. The third-order valence-electron chi connectivity index (χ3n) is 2.79. The zero-order valence-electron chi connectivity index (χ0n) is 10.8. The van der Waals surface area contributed by atoms with Crippen molar-refractivity contribution in [3.8, 4) is 5.75 Å². The molecular weight excluding hydrogens is 319 g/mol. The van der Waals surface area contributed by atoms with Crippen molar-refractivity contribution in [2.45, 2.75) is 6.92 Å². The van der Waals surface area contributed by atoms with Crippen LogP contribution in [0.1, 0.15) is 21.5 Å². The van der Waals surface area contributed by atoms with Gasteiger partial charge in [-0.3, -0.25) is 4.79 Å². The summed E-state index contributed by atoms with van der Waals surface area (Å²) in [5, 5.41) is 1.12. The molecule has 0 unspecified atom stereocenters. The number of hydrogen-bond donors (Lipinski definition) is 0. The largest absolute Gasteiger partial charge is 0.495 e. The summed E-state index contributed by atoms with van der Waals surface area (Å²) < 4.78 is 5.06. The number of hydrogen-bond acceptors (Lipinski definition) is 2. The summed E-state index contributed by atoms with van der Waals surface area (Å²) in [6, 6.07) is 8.16. The molecule has 0 spiro atoms. The highest BCUT2D eigenvalue weighted by molar-refractivity contribution is 6.38. The van der Waals surface area contributed by atoms with Gasteiger partial charge in [0.1, 0.15) is 5.75 Å². The first kappa shape index (κ1) is 15.2. The summed E-state index contributed by atoms with van der Waals surface area (Å²) in [5.41, 5.74) is 1.69. The van der Waals surface area contributed by atoms with Crippen LogP contribution in [-0.2, 0) is 0 Å². The van der Waals surface area contributed by atoms with Gasteiger partial charge in [0, 0.05) is 22.2 Å². The van der Waals surface area contributed by atoms with Crippen LogP contribution in [0.5, 0.6) is 5.75 Å². The molecule has 5 heteroatoms. The maximum absolute atomic E-state index is 12.5. The summed E-state index contributed by atoms with van der Waals surface area (Å²) >= 11 is 18.1. The average molecular weight is 330 g/mol. The molecule has 0 aliphatic rings. The molecule has 0 radical (unpaired) electrons. The van der Waals surface area contributed by atoms with Crippen molar-refractivity contribution in [2.24, 2.45) is 0 Å². The van der Waals surface area contributed by atoms with Crippen molar-refractivity contribution < 1.29 is 9.53 Å². The molecule has 0 fully saturated rings. The van der Waals surface area contributed by atoms with Gasteiger partial charge >= 0.3 is 0 Å². The third kappa shape index (κ3) is 3.09. The SMILES string of the molecule is COc1cc(Cl)c(C(=O)c2cc(C)cc(Cl)c2)cc1Cl. The van der Waals surface area contributed by atoms with Crippen molar-refractivity contribution in [2.75, 3.05) is 7.11 Å². The molecule has 0 aliphatic carbocycles. The normalized spacial score (nSPS) is 10.4. The third-order valence-corrected chi connectivity index (χ3v) is 3.62. The lowest BCUT2D eigenvalue weighted by Gasteiger charge is -2.09. The Morgan fingerprint density at radius 2 is 1.70 bits per heavy atom. The lowest BCUT2D eigenvalue weighted by atomic mass is 10.0. The highest BCUT2D eigenvalue weighted by Crippen LogP contribution is 2.32. The zero-order valence-corrected chi connectivity index (χ0v) is 13.1. The Morgan fingerprint density at radius 1 is 1.00 bits per heavy atom. The van der Waals surface area contributed by atoms with Crippen LogP contribution in [0.4, 0.5) is 0 Å². The number of carbonyl (C=O) groups is 1. The Balaban J connectivity index is 2.50. The lowest BCUT2D eigenvalue weighted by molar-refractivity contribution is 0.103. The number of benzene rings is 2. The maximum atomic E-state index is 12.5. The van der Waals surface area contributed by atoms with Gasteiger partial charge in [0.2, 0.25) is 0 Å². The summed E-state index contributed by atoms with van der Waals surface area (Å²) in [6.07, 6.45) is 0. The van der Waals surface area contributed by atoms with E-state index in [1.54, 1.807) is 18.2 Å². The highest BCUT2D eigenvalue weighted by atomic mass is 35.5. The van der Waals surface area contributed by atoms with Crippen LogP contribution in [0, 0.1) is 6.92 Å². The van der Waals surface area contributed by atoms with Crippen LogP contribution in [-0.4, -0.2) is 12.9 Å². The van der Waals surface area contributed by atoms with Gasteiger partial charge in [0.25, 0.3) is 0 Å². The van der Waals surface area contributed by atoms with E-state index >= 15 is 0 Å². The van der Waals surface area contributed by atoms with E-state index in [9.17, 15) is 4.79 Å². The van der Waals surface area contributed by atoms with Crippen molar-refractivity contribution in [1.29, 1.82) is 0 Å². The van der Waals surface area contributed by atoms with Crippen molar-refractivity contribution in [3.63, 3.8) is 0 Å². The molecule has 2 rings (SSSR count). The van der Waals surface area contributed by atoms with Crippen LogP contribution >= 0.6 is 34.8 Å². The molecule has 0 saturated carbocycles.